The number of benzene rings is 1. The van der Waals surface area contributed by atoms with E-state index in [1.165, 1.54) is 0 Å². The maximum absolute atomic E-state index is 12.3. The Morgan fingerprint density at radius 1 is 1.23 bits per heavy atom. The van der Waals surface area contributed by atoms with Gasteiger partial charge in [0.05, 0.1) is 16.3 Å². The first-order valence-electron chi connectivity index (χ1n) is 8.68. The maximum atomic E-state index is 12.3. The van der Waals surface area contributed by atoms with Gasteiger partial charge in [-0.2, -0.15) is 0 Å². The molecule has 1 aromatic carbocycles. The smallest absolute Gasteiger partial charge is 0.191 e. The fourth-order valence-electron chi connectivity index (χ4n) is 2.22. The third kappa shape index (κ3) is 5.87. The predicted octanol–water partition coefficient (Wildman–Crippen LogP) is 2.33. The molecule has 0 atom stereocenters. The molecule has 0 radical (unpaired) electrons. The first-order chi connectivity index (χ1) is 12.4. The van der Waals surface area contributed by atoms with E-state index >= 15 is 0 Å². The van der Waals surface area contributed by atoms with Crippen molar-refractivity contribution in [3.63, 3.8) is 0 Å². The van der Waals surface area contributed by atoms with Crippen LogP contribution in [0, 0.1) is 0 Å². The molecule has 0 bridgehead atoms. The van der Waals surface area contributed by atoms with E-state index in [2.05, 4.69) is 20.8 Å². The van der Waals surface area contributed by atoms with Gasteiger partial charge in [-0.3, -0.25) is 0 Å². The lowest BCUT2D eigenvalue weighted by atomic mass is 10.1. The second-order valence-electron chi connectivity index (χ2n) is 6.13. The molecule has 0 amide bonds. The van der Waals surface area contributed by atoms with E-state index in [9.17, 15) is 8.42 Å². The standard InChI is InChI=1S/C18H26N4O3S/c1-4-19-18(21-13-15-12-17(14(2)3)22-25-15)20-10-11-26(23,24)16-8-6-5-7-9-16/h5-9,12,14H,4,10-11,13H2,1-3H3,(H2,19,20,21). The van der Waals surface area contributed by atoms with Crippen LogP contribution in [0.3, 0.4) is 0 Å². The summed E-state index contributed by atoms with van der Waals surface area (Å²) in [5.74, 6) is 1.49. The first kappa shape index (κ1) is 20.0. The Hall–Kier alpha value is -2.35. The fourth-order valence-corrected chi connectivity index (χ4v) is 3.40. The molecule has 8 heteroatoms. The van der Waals surface area contributed by atoms with Gasteiger partial charge in [0.15, 0.2) is 21.6 Å². The van der Waals surface area contributed by atoms with E-state index in [-0.39, 0.29) is 12.3 Å². The summed E-state index contributed by atoms with van der Waals surface area (Å²) < 4.78 is 29.9. The average Bonchev–Trinajstić information content (AvgIpc) is 3.10. The number of nitrogens with one attached hydrogen (secondary N) is 2. The van der Waals surface area contributed by atoms with E-state index in [1.54, 1.807) is 30.3 Å². The second-order valence-corrected chi connectivity index (χ2v) is 8.24. The molecule has 2 N–H and O–H groups in total. The summed E-state index contributed by atoms with van der Waals surface area (Å²) in [5, 5.41) is 10.1. The molecule has 1 heterocycles. The average molecular weight is 378 g/mol. The van der Waals surface area contributed by atoms with Crippen LogP contribution in [-0.4, -0.2) is 38.4 Å². The molecule has 26 heavy (non-hydrogen) atoms. The Morgan fingerprint density at radius 3 is 2.58 bits per heavy atom. The van der Waals surface area contributed by atoms with Crippen molar-refractivity contribution in [3.8, 4) is 0 Å². The number of nitrogens with zero attached hydrogens (tertiary/aromatic N) is 2. The third-order valence-corrected chi connectivity index (χ3v) is 5.40. The largest absolute Gasteiger partial charge is 0.359 e. The molecule has 0 saturated heterocycles. The Balaban J connectivity index is 1.92. The predicted molar refractivity (Wildman–Crippen MR) is 102 cm³/mol. The molecule has 0 aliphatic carbocycles. The highest BCUT2D eigenvalue weighted by atomic mass is 32.2. The van der Waals surface area contributed by atoms with Crippen molar-refractivity contribution in [2.24, 2.45) is 4.99 Å². The van der Waals surface area contributed by atoms with Gasteiger partial charge in [-0.1, -0.05) is 37.2 Å². The van der Waals surface area contributed by atoms with Gasteiger partial charge in [0.1, 0.15) is 6.54 Å². The molecule has 0 unspecified atom stereocenters. The molecular weight excluding hydrogens is 352 g/mol. The Kier molecular flexibility index (Phi) is 7.20. The van der Waals surface area contributed by atoms with Gasteiger partial charge < -0.3 is 15.2 Å². The minimum absolute atomic E-state index is 0.0127. The van der Waals surface area contributed by atoms with Crippen molar-refractivity contribution in [3.05, 3.63) is 47.9 Å². The van der Waals surface area contributed by atoms with Crippen LogP contribution in [0.25, 0.3) is 0 Å². The normalized spacial score (nSPS) is 12.4. The molecule has 142 valence electrons. The molecule has 1 aromatic heterocycles. The maximum Gasteiger partial charge on any atom is 0.191 e. The van der Waals surface area contributed by atoms with Crippen LogP contribution >= 0.6 is 0 Å². The van der Waals surface area contributed by atoms with Gasteiger partial charge >= 0.3 is 0 Å². The van der Waals surface area contributed by atoms with Crippen molar-refractivity contribution in [2.45, 2.75) is 38.1 Å². The summed E-state index contributed by atoms with van der Waals surface area (Å²) in [5.41, 5.74) is 0.891. The van der Waals surface area contributed by atoms with Gasteiger partial charge in [-0.05, 0) is 25.0 Å². The lowest BCUT2D eigenvalue weighted by molar-refractivity contribution is 0.376. The number of guanidine groups is 1. The lowest BCUT2D eigenvalue weighted by Gasteiger charge is -2.11. The number of hydrogen-bond donors (Lipinski definition) is 2. The zero-order chi connectivity index (χ0) is 19.0. The van der Waals surface area contributed by atoms with Crippen molar-refractivity contribution in [1.82, 2.24) is 15.8 Å². The van der Waals surface area contributed by atoms with Gasteiger partial charge in [0, 0.05) is 19.2 Å². The monoisotopic (exact) mass is 378 g/mol. The van der Waals surface area contributed by atoms with E-state index in [4.69, 9.17) is 4.52 Å². The number of sulfone groups is 1. The highest BCUT2D eigenvalue weighted by molar-refractivity contribution is 7.91. The molecule has 0 aliphatic heterocycles. The fraction of sp³-hybridized carbons (Fsp3) is 0.444. The van der Waals surface area contributed by atoms with Crippen molar-refractivity contribution >= 4 is 15.8 Å². The van der Waals surface area contributed by atoms with Crippen LogP contribution < -0.4 is 10.6 Å². The third-order valence-electron chi connectivity index (χ3n) is 3.67. The van der Waals surface area contributed by atoms with E-state index in [0.717, 1.165) is 5.69 Å². The minimum Gasteiger partial charge on any atom is -0.359 e. The van der Waals surface area contributed by atoms with Crippen molar-refractivity contribution in [1.29, 1.82) is 0 Å². The van der Waals surface area contributed by atoms with Crippen LogP contribution in [0.4, 0.5) is 0 Å². The molecule has 0 aliphatic rings. The van der Waals surface area contributed by atoms with Crippen LogP contribution in [0.5, 0.6) is 0 Å². The van der Waals surface area contributed by atoms with Crippen molar-refractivity contribution < 1.29 is 12.9 Å². The number of aromatic nitrogens is 1. The van der Waals surface area contributed by atoms with Crippen LogP contribution in [0.1, 0.15) is 38.1 Å². The van der Waals surface area contributed by atoms with Crippen molar-refractivity contribution in [2.75, 3.05) is 18.8 Å². The summed E-state index contributed by atoms with van der Waals surface area (Å²) in [6.45, 7) is 7.30. The molecule has 0 fully saturated rings. The Labute approximate surface area is 154 Å². The second kappa shape index (κ2) is 9.38. The number of hydrogen-bond acceptors (Lipinski definition) is 5. The highest BCUT2D eigenvalue weighted by Crippen LogP contribution is 2.14. The summed E-state index contributed by atoms with van der Waals surface area (Å²) in [7, 11) is -3.32. The van der Waals surface area contributed by atoms with Gasteiger partial charge in [0.2, 0.25) is 0 Å². The zero-order valence-electron chi connectivity index (χ0n) is 15.4. The van der Waals surface area contributed by atoms with Gasteiger partial charge in [0.25, 0.3) is 0 Å². The molecule has 0 spiro atoms. The van der Waals surface area contributed by atoms with E-state index < -0.39 is 9.84 Å². The summed E-state index contributed by atoms with van der Waals surface area (Å²) in [6.07, 6.45) is 0. The van der Waals surface area contributed by atoms with Crippen LogP contribution in [0.15, 0.2) is 50.8 Å². The molecule has 2 rings (SSSR count). The minimum atomic E-state index is -3.32. The summed E-state index contributed by atoms with van der Waals surface area (Å²) in [4.78, 5) is 4.74. The highest BCUT2D eigenvalue weighted by Gasteiger charge is 2.13. The van der Waals surface area contributed by atoms with Crippen LogP contribution in [0.2, 0.25) is 0 Å². The summed E-state index contributed by atoms with van der Waals surface area (Å²) in [6, 6.07) is 10.3. The molecule has 2 aromatic rings. The molecule has 7 nitrogen and oxygen atoms in total. The lowest BCUT2D eigenvalue weighted by Crippen LogP contribution is -2.39. The van der Waals surface area contributed by atoms with Gasteiger partial charge in [-0.15, -0.1) is 0 Å². The topological polar surface area (TPSA) is 96.6 Å². The zero-order valence-corrected chi connectivity index (χ0v) is 16.2. The van der Waals surface area contributed by atoms with Crippen LogP contribution in [-0.2, 0) is 16.4 Å². The quantitative estimate of drug-likeness (QED) is 0.541. The van der Waals surface area contributed by atoms with E-state index in [0.29, 0.717) is 35.6 Å². The molecular formula is C18H26N4O3S. The molecule has 0 saturated carbocycles. The first-order valence-corrected chi connectivity index (χ1v) is 10.3. The number of rotatable bonds is 8. The van der Waals surface area contributed by atoms with Gasteiger partial charge in [-0.25, -0.2) is 13.4 Å². The van der Waals surface area contributed by atoms with E-state index in [1.807, 2.05) is 26.8 Å². The SMILES string of the molecule is CCNC(=NCc1cc(C(C)C)no1)NCCS(=O)(=O)c1ccccc1. The Bertz CT molecular complexity index is 814. The summed E-state index contributed by atoms with van der Waals surface area (Å²) >= 11 is 0. The number of aliphatic imine (C=N–C) groups is 1. The Morgan fingerprint density at radius 2 is 1.96 bits per heavy atom.